The lowest BCUT2D eigenvalue weighted by molar-refractivity contribution is -0.0977. The van der Waals surface area contributed by atoms with Crippen LogP contribution in [-0.2, 0) is 9.47 Å². The van der Waals surface area contributed by atoms with E-state index in [9.17, 15) is 0 Å². The van der Waals surface area contributed by atoms with Crippen molar-refractivity contribution in [3.05, 3.63) is 33.4 Å². The van der Waals surface area contributed by atoms with E-state index in [-0.39, 0.29) is 12.1 Å². The molecule has 1 fully saturated rings. The molecule has 1 saturated heterocycles. The van der Waals surface area contributed by atoms with Gasteiger partial charge in [-0.05, 0) is 68.0 Å². The SMILES string of the molecule is Cc1c(C)c(C)c(C(N)C2COCCO2)c(C)c1C. The summed E-state index contributed by atoms with van der Waals surface area (Å²) in [7, 11) is 0. The van der Waals surface area contributed by atoms with E-state index in [0.717, 1.165) is 0 Å². The molecule has 0 bridgehead atoms. The molecule has 106 valence electrons. The van der Waals surface area contributed by atoms with Crippen LogP contribution in [0.25, 0.3) is 0 Å². The van der Waals surface area contributed by atoms with Crippen LogP contribution in [0, 0.1) is 34.6 Å². The predicted molar refractivity (Wildman–Crippen MR) is 77.6 cm³/mol. The summed E-state index contributed by atoms with van der Waals surface area (Å²) in [6.45, 7) is 12.7. The summed E-state index contributed by atoms with van der Waals surface area (Å²) in [5, 5.41) is 0. The largest absolute Gasteiger partial charge is 0.376 e. The molecule has 2 unspecified atom stereocenters. The highest BCUT2D eigenvalue weighted by atomic mass is 16.6. The van der Waals surface area contributed by atoms with Gasteiger partial charge in [0.1, 0.15) is 6.10 Å². The van der Waals surface area contributed by atoms with Crippen molar-refractivity contribution < 1.29 is 9.47 Å². The van der Waals surface area contributed by atoms with E-state index in [1.165, 1.54) is 33.4 Å². The second kappa shape index (κ2) is 5.61. The van der Waals surface area contributed by atoms with Crippen LogP contribution in [0.1, 0.15) is 39.4 Å². The molecule has 0 aliphatic carbocycles. The van der Waals surface area contributed by atoms with E-state index < -0.39 is 0 Å². The molecule has 1 heterocycles. The standard InChI is InChI=1S/C16H25NO2/c1-9-10(2)12(4)15(13(5)11(9)3)16(17)14-8-18-6-7-19-14/h14,16H,6-8,17H2,1-5H3. The minimum absolute atomic E-state index is 0.0346. The molecule has 1 aliphatic rings. The highest BCUT2D eigenvalue weighted by Gasteiger charge is 2.27. The summed E-state index contributed by atoms with van der Waals surface area (Å²) in [5.74, 6) is 0. The molecule has 0 aromatic heterocycles. The average molecular weight is 263 g/mol. The van der Waals surface area contributed by atoms with E-state index in [2.05, 4.69) is 34.6 Å². The van der Waals surface area contributed by atoms with Crippen molar-refractivity contribution in [1.29, 1.82) is 0 Å². The first-order valence-electron chi connectivity index (χ1n) is 6.97. The second-order valence-corrected chi connectivity index (χ2v) is 5.55. The molecule has 1 aromatic carbocycles. The van der Waals surface area contributed by atoms with Gasteiger partial charge >= 0.3 is 0 Å². The van der Waals surface area contributed by atoms with E-state index in [0.29, 0.717) is 19.8 Å². The Morgan fingerprint density at radius 3 is 1.89 bits per heavy atom. The molecular formula is C16H25NO2. The number of hydrogen-bond acceptors (Lipinski definition) is 3. The van der Waals surface area contributed by atoms with Crippen LogP contribution >= 0.6 is 0 Å². The normalized spacial score (nSPS) is 21.5. The molecule has 19 heavy (non-hydrogen) atoms. The third kappa shape index (κ3) is 2.55. The Hall–Kier alpha value is -0.900. The van der Waals surface area contributed by atoms with Gasteiger partial charge in [0.25, 0.3) is 0 Å². The average Bonchev–Trinajstić information content (AvgIpc) is 2.44. The number of ether oxygens (including phenoxy) is 2. The predicted octanol–water partition coefficient (Wildman–Crippen LogP) is 2.64. The molecule has 2 atom stereocenters. The van der Waals surface area contributed by atoms with E-state index in [1.54, 1.807) is 0 Å². The number of nitrogens with two attached hydrogens (primary N) is 1. The Morgan fingerprint density at radius 2 is 1.42 bits per heavy atom. The summed E-state index contributed by atoms with van der Waals surface area (Å²) in [6, 6.07) is -0.113. The third-order valence-electron chi connectivity index (χ3n) is 4.63. The Kier molecular flexibility index (Phi) is 4.29. The fourth-order valence-corrected chi connectivity index (χ4v) is 2.93. The van der Waals surface area contributed by atoms with Crippen LogP contribution in [0.2, 0.25) is 0 Å². The van der Waals surface area contributed by atoms with Crippen molar-refractivity contribution in [1.82, 2.24) is 0 Å². The molecule has 1 aromatic rings. The van der Waals surface area contributed by atoms with Crippen LogP contribution in [0.15, 0.2) is 0 Å². The maximum Gasteiger partial charge on any atom is 0.100 e. The zero-order valence-corrected chi connectivity index (χ0v) is 12.7. The van der Waals surface area contributed by atoms with Crippen LogP contribution in [0.5, 0.6) is 0 Å². The number of rotatable bonds is 2. The van der Waals surface area contributed by atoms with Gasteiger partial charge in [-0.3, -0.25) is 0 Å². The quantitative estimate of drug-likeness (QED) is 0.892. The first-order chi connectivity index (χ1) is 8.95. The van der Waals surface area contributed by atoms with Gasteiger partial charge in [0, 0.05) is 0 Å². The Bertz CT molecular complexity index is 447. The minimum atomic E-state index is -0.113. The summed E-state index contributed by atoms with van der Waals surface area (Å²) >= 11 is 0. The smallest absolute Gasteiger partial charge is 0.100 e. The van der Waals surface area contributed by atoms with Crippen molar-refractivity contribution >= 4 is 0 Å². The van der Waals surface area contributed by atoms with Gasteiger partial charge in [0.05, 0.1) is 25.9 Å². The first kappa shape index (κ1) is 14.5. The minimum Gasteiger partial charge on any atom is -0.376 e. The van der Waals surface area contributed by atoms with Crippen molar-refractivity contribution in [2.45, 2.75) is 46.8 Å². The topological polar surface area (TPSA) is 44.5 Å². The second-order valence-electron chi connectivity index (χ2n) is 5.55. The van der Waals surface area contributed by atoms with Gasteiger partial charge in [0.15, 0.2) is 0 Å². The fraction of sp³-hybridized carbons (Fsp3) is 0.625. The van der Waals surface area contributed by atoms with Crippen molar-refractivity contribution in [2.24, 2.45) is 5.73 Å². The first-order valence-corrected chi connectivity index (χ1v) is 6.97. The lowest BCUT2D eigenvalue weighted by Crippen LogP contribution is -2.38. The van der Waals surface area contributed by atoms with Crippen LogP contribution in [0.3, 0.4) is 0 Å². The van der Waals surface area contributed by atoms with Crippen LogP contribution in [-0.4, -0.2) is 25.9 Å². The molecule has 0 amide bonds. The fourth-order valence-electron chi connectivity index (χ4n) is 2.93. The van der Waals surface area contributed by atoms with Crippen molar-refractivity contribution in [3.63, 3.8) is 0 Å². The van der Waals surface area contributed by atoms with E-state index >= 15 is 0 Å². The third-order valence-corrected chi connectivity index (χ3v) is 4.63. The highest BCUT2D eigenvalue weighted by molar-refractivity contribution is 5.50. The Balaban J connectivity index is 2.43. The molecule has 0 saturated carbocycles. The molecule has 1 aliphatic heterocycles. The summed E-state index contributed by atoms with van der Waals surface area (Å²) in [6.07, 6.45) is -0.0346. The van der Waals surface area contributed by atoms with Gasteiger partial charge in [-0.15, -0.1) is 0 Å². The molecule has 2 rings (SSSR count). The summed E-state index contributed by atoms with van der Waals surface area (Å²) in [5.41, 5.74) is 14.3. The molecular weight excluding hydrogens is 238 g/mol. The van der Waals surface area contributed by atoms with Gasteiger partial charge in [-0.25, -0.2) is 0 Å². The van der Waals surface area contributed by atoms with Gasteiger partial charge < -0.3 is 15.2 Å². The maximum absolute atomic E-state index is 6.45. The van der Waals surface area contributed by atoms with Gasteiger partial charge in [0.2, 0.25) is 0 Å². The van der Waals surface area contributed by atoms with Crippen LogP contribution < -0.4 is 5.73 Å². The van der Waals surface area contributed by atoms with Gasteiger partial charge in [-0.1, -0.05) is 0 Å². The maximum atomic E-state index is 6.45. The zero-order valence-electron chi connectivity index (χ0n) is 12.7. The van der Waals surface area contributed by atoms with Gasteiger partial charge in [-0.2, -0.15) is 0 Å². The van der Waals surface area contributed by atoms with Crippen LogP contribution in [0.4, 0.5) is 0 Å². The lowest BCUT2D eigenvalue weighted by Gasteiger charge is -2.31. The molecule has 0 radical (unpaired) electrons. The zero-order chi connectivity index (χ0) is 14.2. The van der Waals surface area contributed by atoms with E-state index in [1.807, 2.05) is 0 Å². The van der Waals surface area contributed by atoms with Crippen molar-refractivity contribution in [2.75, 3.05) is 19.8 Å². The van der Waals surface area contributed by atoms with Crippen molar-refractivity contribution in [3.8, 4) is 0 Å². The Morgan fingerprint density at radius 1 is 0.895 bits per heavy atom. The monoisotopic (exact) mass is 263 g/mol. The molecule has 2 N–H and O–H groups in total. The highest BCUT2D eigenvalue weighted by Crippen LogP contribution is 2.32. The number of benzene rings is 1. The lowest BCUT2D eigenvalue weighted by atomic mass is 9.85. The molecule has 3 nitrogen and oxygen atoms in total. The number of hydrogen-bond donors (Lipinski definition) is 1. The Labute approximate surface area is 116 Å². The summed E-state index contributed by atoms with van der Waals surface area (Å²) in [4.78, 5) is 0. The van der Waals surface area contributed by atoms with E-state index in [4.69, 9.17) is 15.2 Å². The summed E-state index contributed by atoms with van der Waals surface area (Å²) < 4.78 is 11.2. The molecule has 0 spiro atoms. The molecule has 3 heteroatoms.